The van der Waals surface area contributed by atoms with Crippen LogP contribution >= 0.6 is 11.6 Å². The summed E-state index contributed by atoms with van der Waals surface area (Å²) in [5.74, 6) is -0.934. The van der Waals surface area contributed by atoms with Crippen LogP contribution in [0.3, 0.4) is 0 Å². The molecule has 4 nitrogen and oxygen atoms in total. The highest BCUT2D eigenvalue weighted by molar-refractivity contribution is 6.30. The van der Waals surface area contributed by atoms with Crippen molar-refractivity contribution in [2.75, 3.05) is 12.8 Å². The van der Waals surface area contributed by atoms with Crippen LogP contribution in [0.4, 0.5) is 10.1 Å². The number of nitrogen functional groups attached to an aromatic ring is 1. The molecule has 0 saturated heterocycles. The molecule has 0 saturated carbocycles. The molecule has 0 heterocycles. The van der Waals surface area contributed by atoms with Gasteiger partial charge in [0.05, 0.1) is 17.8 Å². The second kappa shape index (κ2) is 5.79. The number of rotatable bonds is 3. The number of carbonyl (C=O) groups is 1. The molecule has 0 atom stereocenters. The van der Waals surface area contributed by atoms with Gasteiger partial charge in [-0.05, 0) is 24.3 Å². The van der Waals surface area contributed by atoms with E-state index in [2.05, 4.69) is 4.74 Å². The maximum absolute atomic E-state index is 13.4. The Labute approximate surface area is 119 Å². The summed E-state index contributed by atoms with van der Waals surface area (Å²) in [5.41, 5.74) is 6.17. The first-order valence-electron chi connectivity index (χ1n) is 5.62. The molecule has 0 radical (unpaired) electrons. The molecule has 2 aromatic carbocycles. The molecule has 6 heteroatoms. The van der Waals surface area contributed by atoms with Crippen LogP contribution in [0.2, 0.25) is 5.02 Å². The standard InChI is InChI=1S/C14H11ClFNO3/c1-19-14(18)9-3-2-4-12(17)13(9)20-8-5-6-10(15)11(16)7-8/h2-7H,17H2,1H3. The molecule has 0 aliphatic rings. The number of anilines is 1. The van der Waals surface area contributed by atoms with E-state index < -0.39 is 11.8 Å². The lowest BCUT2D eigenvalue weighted by Crippen LogP contribution is -2.05. The van der Waals surface area contributed by atoms with Gasteiger partial charge in [0, 0.05) is 6.07 Å². The van der Waals surface area contributed by atoms with E-state index in [-0.39, 0.29) is 27.8 Å². The van der Waals surface area contributed by atoms with Crippen molar-refractivity contribution >= 4 is 23.3 Å². The number of hydrogen-bond acceptors (Lipinski definition) is 4. The summed E-state index contributed by atoms with van der Waals surface area (Å²) in [7, 11) is 1.25. The van der Waals surface area contributed by atoms with Crippen LogP contribution in [-0.4, -0.2) is 13.1 Å². The van der Waals surface area contributed by atoms with Crippen molar-refractivity contribution in [2.24, 2.45) is 0 Å². The number of carbonyl (C=O) groups excluding carboxylic acids is 1. The second-order valence-electron chi connectivity index (χ2n) is 3.89. The first-order valence-corrected chi connectivity index (χ1v) is 6.00. The zero-order valence-electron chi connectivity index (χ0n) is 10.5. The lowest BCUT2D eigenvalue weighted by Gasteiger charge is -2.12. The van der Waals surface area contributed by atoms with E-state index in [0.717, 1.165) is 6.07 Å². The van der Waals surface area contributed by atoms with Crippen LogP contribution in [-0.2, 0) is 4.74 Å². The van der Waals surface area contributed by atoms with Gasteiger partial charge in [0.15, 0.2) is 5.75 Å². The van der Waals surface area contributed by atoms with E-state index in [1.807, 2.05) is 0 Å². The third-order valence-corrected chi connectivity index (χ3v) is 2.87. The predicted molar refractivity (Wildman–Crippen MR) is 73.7 cm³/mol. The van der Waals surface area contributed by atoms with Crippen LogP contribution in [0.15, 0.2) is 36.4 Å². The molecule has 2 N–H and O–H groups in total. The molecule has 0 aliphatic heterocycles. The summed E-state index contributed by atoms with van der Waals surface area (Å²) in [6.45, 7) is 0. The van der Waals surface area contributed by atoms with E-state index >= 15 is 0 Å². The number of esters is 1. The number of benzene rings is 2. The third-order valence-electron chi connectivity index (χ3n) is 2.56. The van der Waals surface area contributed by atoms with Gasteiger partial charge in [-0.15, -0.1) is 0 Å². The molecule has 0 spiro atoms. The highest BCUT2D eigenvalue weighted by Gasteiger charge is 2.16. The molecule has 0 aliphatic carbocycles. The Kier molecular flexibility index (Phi) is 4.10. The fraction of sp³-hybridized carbons (Fsp3) is 0.0714. The van der Waals surface area contributed by atoms with Gasteiger partial charge in [0.2, 0.25) is 0 Å². The minimum Gasteiger partial charge on any atom is -0.465 e. The summed E-state index contributed by atoms with van der Waals surface area (Å²) >= 11 is 5.59. The molecule has 0 bridgehead atoms. The Morgan fingerprint density at radius 1 is 1.30 bits per heavy atom. The topological polar surface area (TPSA) is 61.5 Å². The largest absolute Gasteiger partial charge is 0.465 e. The van der Waals surface area contributed by atoms with Gasteiger partial charge in [0.25, 0.3) is 0 Å². The number of halogens is 2. The van der Waals surface area contributed by atoms with E-state index in [4.69, 9.17) is 22.1 Å². The zero-order chi connectivity index (χ0) is 14.7. The minimum absolute atomic E-state index is 0.0217. The summed E-state index contributed by atoms with van der Waals surface area (Å²) in [5, 5.41) is -0.0217. The summed E-state index contributed by atoms with van der Waals surface area (Å²) < 4.78 is 23.5. The first-order chi connectivity index (χ1) is 9.52. The van der Waals surface area contributed by atoms with E-state index in [9.17, 15) is 9.18 Å². The summed E-state index contributed by atoms with van der Waals surface area (Å²) in [4.78, 5) is 11.6. The minimum atomic E-state index is -0.627. The van der Waals surface area contributed by atoms with Crippen molar-refractivity contribution in [3.8, 4) is 11.5 Å². The molecular weight excluding hydrogens is 285 g/mol. The lowest BCUT2D eigenvalue weighted by atomic mass is 10.1. The van der Waals surface area contributed by atoms with Crippen LogP contribution < -0.4 is 10.5 Å². The van der Waals surface area contributed by atoms with Crippen LogP contribution in [0.1, 0.15) is 10.4 Å². The van der Waals surface area contributed by atoms with E-state index in [0.29, 0.717) is 0 Å². The van der Waals surface area contributed by atoms with Gasteiger partial charge in [-0.3, -0.25) is 0 Å². The van der Waals surface area contributed by atoms with Gasteiger partial charge in [-0.25, -0.2) is 9.18 Å². The van der Waals surface area contributed by atoms with Crippen molar-refractivity contribution in [2.45, 2.75) is 0 Å². The highest BCUT2D eigenvalue weighted by atomic mass is 35.5. The second-order valence-corrected chi connectivity index (χ2v) is 4.30. The normalized spacial score (nSPS) is 10.2. The average molecular weight is 296 g/mol. The van der Waals surface area contributed by atoms with Gasteiger partial charge in [-0.1, -0.05) is 17.7 Å². The van der Waals surface area contributed by atoms with Crippen LogP contribution in [0.25, 0.3) is 0 Å². The van der Waals surface area contributed by atoms with Gasteiger partial charge >= 0.3 is 5.97 Å². The smallest absolute Gasteiger partial charge is 0.341 e. The Morgan fingerprint density at radius 3 is 2.70 bits per heavy atom. The third kappa shape index (κ3) is 2.83. The zero-order valence-corrected chi connectivity index (χ0v) is 11.3. The molecule has 2 aromatic rings. The van der Waals surface area contributed by atoms with Crippen molar-refractivity contribution in [1.29, 1.82) is 0 Å². The van der Waals surface area contributed by atoms with Crippen LogP contribution in [0, 0.1) is 5.82 Å². The monoisotopic (exact) mass is 295 g/mol. The molecule has 2 rings (SSSR count). The van der Waals surface area contributed by atoms with E-state index in [1.165, 1.54) is 25.3 Å². The number of ether oxygens (including phenoxy) is 2. The number of nitrogens with two attached hydrogens (primary N) is 1. The first kappa shape index (κ1) is 14.1. The average Bonchev–Trinajstić information content (AvgIpc) is 2.44. The fourth-order valence-electron chi connectivity index (χ4n) is 1.60. The Bertz CT molecular complexity index is 661. The Morgan fingerprint density at radius 2 is 2.05 bits per heavy atom. The Balaban J connectivity index is 2.42. The van der Waals surface area contributed by atoms with Crippen molar-refractivity contribution in [1.82, 2.24) is 0 Å². The molecule has 0 amide bonds. The fourth-order valence-corrected chi connectivity index (χ4v) is 1.72. The lowest BCUT2D eigenvalue weighted by molar-refractivity contribution is 0.0598. The molecule has 104 valence electrons. The maximum atomic E-state index is 13.4. The van der Waals surface area contributed by atoms with Crippen molar-refractivity contribution < 1.29 is 18.7 Å². The highest BCUT2D eigenvalue weighted by Crippen LogP contribution is 2.33. The summed E-state index contributed by atoms with van der Waals surface area (Å²) in [6, 6.07) is 8.59. The van der Waals surface area contributed by atoms with Crippen molar-refractivity contribution in [3.63, 3.8) is 0 Å². The van der Waals surface area contributed by atoms with Gasteiger partial charge < -0.3 is 15.2 Å². The predicted octanol–water partition coefficient (Wildman–Crippen LogP) is 3.64. The molecule has 20 heavy (non-hydrogen) atoms. The van der Waals surface area contributed by atoms with Gasteiger partial charge in [0.1, 0.15) is 17.1 Å². The van der Waals surface area contributed by atoms with Crippen molar-refractivity contribution in [3.05, 3.63) is 52.8 Å². The number of para-hydroxylation sites is 1. The number of methoxy groups -OCH3 is 1. The molecular formula is C14H11ClFNO3. The molecule has 0 unspecified atom stereocenters. The quantitative estimate of drug-likeness (QED) is 0.693. The van der Waals surface area contributed by atoms with E-state index in [1.54, 1.807) is 12.1 Å². The summed E-state index contributed by atoms with van der Waals surface area (Å²) in [6.07, 6.45) is 0. The van der Waals surface area contributed by atoms with Gasteiger partial charge in [-0.2, -0.15) is 0 Å². The number of hydrogen-bond donors (Lipinski definition) is 1. The SMILES string of the molecule is COC(=O)c1cccc(N)c1Oc1ccc(Cl)c(F)c1. The maximum Gasteiger partial charge on any atom is 0.341 e. The molecule has 0 aromatic heterocycles. The van der Waals surface area contributed by atoms with Crippen LogP contribution in [0.5, 0.6) is 11.5 Å². The molecule has 0 fully saturated rings. The Hall–Kier alpha value is -2.27.